The molecule has 0 aliphatic carbocycles. The van der Waals surface area contributed by atoms with Crippen LogP contribution in [0.4, 0.5) is 5.00 Å². The van der Waals surface area contributed by atoms with Crippen LogP contribution >= 0.6 is 11.3 Å². The van der Waals surface area contributed by atoms with E-state index in [2.05, 4.69) is 12.4 Å². The summed E-state index contributed by atoms with van der Waals surface area (Å²) in [6, 6.07) is 6.82. The molecule has 1 aliphatic heterocycles. The number of carbonyl (C=O) groups excluding carboxylic acids is 2. The minimum Gasteiger partial charge on any atom is -0.497 e. The first-order valence-electron chi connectivity index (χ1n) is 7.70. The second-order valence-corrected chi connectivity index (χ2v) is 6.99. The van der Waals surface area contributed by atoms with Crippen molar-refractivity contribution in [1.82, 2.24) is 0 Å². The van der Waals surface area contributed by atoms with Crippen LogP contribution in [0.15, 0.2) is 24.3 Å². The van der Waals surface area contributed by atoms with Crippen LogP contribution < -0.4 is 20.7 Å². The largest absolute Gasteiger partial charge is 0.497 e. The summed E-state index contributed by atoms with van der Waals surface area (Å²) in [4.78, 5) is 26.9. The Kier molecular flexibility index (Phi) is 4.55. The fourth-order valence-electron chi connectivity index (χ4n) is 2.89. The second kappa shape index (κ2) is 6.62. The zero-order valence-corrected chi connectivity index (χ0v) is 14.5. The number of hydrogen-bond acceptors (Lipinski definition) is 4. The van der Waals surface area contributed by atoms with Gasteiger partial charge in [0.15, 0.2) is 0 Å². The zero-order chi connectivity index (χ0) is 17.3. The molecule has 1 aromatic heterocycles. The highest BCUT2D eigenvalue weighted by molar-refractivity contribution is 7.17. The van der Waals surface area contributed by atoms with Crippen molar-refractivity contribution in [2.24, 2.45) is 5.73 Å². The number of primary amides is 1. The van der Waals surface area contributed by atoms with Crippen LogP contribution in [-0.4, -0.2) is 32.5 Å². The lowest BCUT2D eigenvalue weighted by Gasteiger charge is -2.19. The van der Waals surface area contributed by atoms with E-state index in [1.54, 1.807) is 31.4 Å². The molecule has 0 spiro atoms. The second-order valence-electron chi connectivity index (χ2n) is 5.89. The third kappa shape index (κ3) is 3.13. The highest BCUT2D eigenvalue weighted by Crippen LogP contribution is 2.34. The maximum absolute atomic E-state index is 12.5. The van der Waals surface area contributed by atoms with Crippen molar-refractivity contribution in [1.29, 1.82) is 0 Å². The highest BCUT2D eigenvalue weighted by Gasteiger charge is 2.28. The van der Waals surface area contributed by atoms with E-state index in [-0.39, 0.29) is 5.91 Å². The van der Waals surface area contributed by atoms with E-state index in [1.807, 2.05) is 0 Å². The quantitative estimate of drug-likeness (QED) is 0.761. The predicted octanol–water partition coefficient (Wildman–Crippen LogP) is 0.679. The molecule has 1 aliphatic rings. The van der Waals surface area contributed by atoms with Crippen LogP contribution in [0.2, 0.25) is 0 Å². The summed E-state index contributed by atoms with van der Waals surface area (Å²) in [5.41, 5.74) is 7.51. The molecule has 7 heteroatoms. The van der Waals surface area contributed by atoms with Crippen LogP contribution in [0.25, 0.3) is 0 Å². The summed E-state index contributed by atoms with van der Waals surface area (Å²) >= 11 is 1.45. The summed E-state index contributed by atoms with van der Waals surface area (Å²) in [6.07, 6.45) is 0.800. The molecule has 4 N–H and O–H groups in total. The first-order chi connectivity index (χ1) is 11.5. The molecule has 6 nitrogen and oxygen atoms in total. The molecule has 1 unspecified atom stereocenters. The van der Waals surface area contributed by atoms with Gasteiger partial charge in [-0.1, -0.05) is 0 Å². The topological polar surface area (TPSA) is 85.9 Å². The number of thiophene rings is 1. The lowest BCUT2D eigenvalue weighted by atomic mass is 10.0. The van der Waals surface area contributed by atoms with Crippen LogP contribution in [-0.2, 0) is 13.0 Å². The van der Waals surface area contributed by atoms with Gasteiger partial charge < -0.3 is 20.7 Å². The van der Waals surface area contributed by atoms with E-state index in [1.165, 1.54) is 16.2 Å². The van der Waals surface area contributed by atoms with Crippen molar-refractivity contribution >= 4 is 28.2 Å². The Bertz CT molecular complexity index is 783. The van der Waals surface area contributed by atoms with Crippen LogP contribution in [0.1, 0.15) is 31.2 Å². The number of benzene rings is 1. The van der Waals surface area contributed by atoms with Crippen molar-refractivity contribution in [2.45, 2.75) is 13.0 Å². The Balaban J connectivity index is 1.88. The Morgan fingerprint density at radius 3 is 2.62 bits per heavy atom. The molecule has 0 fully saturated rings. The molecule has 1 atom stereocenters. The van der Waals surface area contributed by atoms with E-state index in [9.17, 15) is 9.59 Å². The molecule has 2 amide bonds. The summed E-state index contributed by atoms with van der Waals surface area (Å²) < 4.78 is 5.09. The first kappa shape index (κ1) is 16.5. The summed E-state index contributed by atoms with van der Waals surface area (Å²) in [5, 5.41) is 3.39. The number of anilines is 1. The number of likely N-dealkylation sites (N-methyl/N-ethyl adjacent to an activating group) is 1. The van der Waals surface area contributed by atoms with Gasteiger partial charge in [-0.25, -0.2) is 0 Å². The van der Waals surface area contributed by atoms with Gasteiger partial charge in [-0.2, -0.15) is 0 Å². The fourth-order valence-corrected chi connectivity index (χ4v) is 4.25. The predicted molar refractivity (Wildman–Crippen MR) is 92.9 cm³/mol. The molecule has 0 bridgehead atoms. The molecule has 2 heterocycles. The van der Waals surface area contributed by atoms with Crippen molar-refractivity contribution < 1.29 is 19.2 Å². The zero-order valence-electron chi connectivity index (χ0n) is 13.6. The number of hydrogen-bond donors (Lipinski definition) is 3. The molecular formula is C17H20N3O3S+. The van der Waals surface area contributed by atoms with E-state index in [4.69, 9.17) is 10.5 Å². The van der Waals surface area contributed by atoms with Crippen molar-refractivity contribution in [3.05, 3.63) is 45.8 Å². The van der Waals surface area contributed by atoms with Crippen LogP contribution in [0.3, 0.4) is 0 Å². The van der Waals surface area contributed by atoms with Gasteiger partial charge in [0.05, 0.1) is 31.1 Å². The molecule has 0 saturated carbocycles. The van der Waals surface area contributed by atoms with Gasteiger partial charge in [0, 0.05) is 12.0 Å². The third-order valence-electron chi connectivity index (χ3n) is 4.18. The number of nitrogens with one attached hydrogen (secondary N) is 2. The molecule has 2 aromatic rings. The van der Waals surface area contributed by atoms with Gasteiger partial charge in [-0.15, -0.1) is 11.3 Å². The Hall–Kier alpha value is -2.38. The monoisotopic (exact) mass is 346 g/mol. The molecule has 0 radical (unpaired) electrons. The van der Waals surface area contributed by atoms with E-state index >= 15 is 0 Å². The number of fused-ring (bicyclic) bond motifs is 1. The standard InChI is InChI=1S/C17H19N3O3S/c1-20-8-7-12-13(9-20)24-17(14(12)15(18)21)19-16(22)10-3-5-11(23-2)6-4-10/h3-6H,7-9H2,1-2H3,(H2,18,21)(H,19,22)/p+1. The maximum Gasteiger partial charge on any atom is 0.256 e. The van der Waals surface area contributed by atoms with Crippen LogP contribution in [0.5, 0.6) is 5.75 Å². The number of quaternary nitrogens is 1. The number of ether oxygens (including phenoxy) is 1. The SMILES string of the molecule is COc1ccc(C(=O)Nc2sc3c(c2C(N)=O)CC[NH+](C)C3)cc1. The Labute approximate surface area is 144 Å². The molecule has 126 valence electrons. The van der Waals surface area contributed by atoms with Gasteiger partial charge in [0.2, 0.25) is 0 Å². The number of nitrogens with two attached hydrogens (primary N) is 1. The van der Waals surface area contributed by atoms with Crippen molar-refractivity contribution in [3.63, 3.8) is 0 Å². The first-order valence-corrected chi connectivity index (χ1v) is 8.52. The lowest BCUT2D eigenvalue weighted by Crippen LogP contribution is -3.08. The van der Waals surface area contributed by atoms with Crippen molar-refractivity contribution in [3.8, 4) is 5.75 Å². The summed E-state index contributed by atoms with van der Waals surface area (Å²) in [6.45, 7) is 1.80. The van der Waals surface area contributed by atoms with Crippen molar-refractivity contribution in [2.75, 3.05) is 26.0 Å². The fraction of sp³-hybridized carbons (Fsp3) is 0.294. The molecule has 24 heavy (non-hydrogen) atoms. The van der Waals surface area contributed by atoms with Gasteiger partial charge in [0.25, 0.3) is 11.8 Å². The molecular weight excluding hydrogens is 326 g/mol. The Morgan fingerprint density at radius 2 is 2.00 bits per heavy atom. The van der Waals surface area contributed by atoms with Gasteiger partial charge in [0.1, 0.15) is 17.3 Å². The van der Waals surface area contributed by atoms with Gasteiger partial charge >= 0.3 is 0 Å². The number of carbonyl (C=O) groups is 2. The number of methoxy groups -OCH3 is 1. The molecule has 1 aromatic carbocycles. The van der Waals surface area contributed by atoms with Gasteiger partial charge in [-0.3, -0.25) is 9.59 Å². The number of rotatable bonds is 4. The lowest BCUT2D eigenvalue weighted by molar-refractivity contribution is -0.895. The highest BCUT2D eigenvalue weighted by atomic mass is 32.1. The minimum atomic E-state index is -0.489. The average Bonchev–Trinajstić information content (AvgIpc) is 2.91. The minimum absolute atomic E-state index is 0.264. The average molecular weight is 346 g/mol. The summed E-state index contributed by atoms with van der Waals surface area (Å²) in [7, 11) is 3.69. The van der Waals surface area contributed by atoms with E-state index in [0.29, 0.717) is 21.9 Å². The third-order valence-corrected chi connectivity index (χ3v) is 5.33. The van der Waals surface area contributed by atoms with E-state index in [0.717, 1.165) is 30.0 Å². The maximum atomic E-state index is 12.5. The normalized spacial score (nSPS) is 16.3. The molecule has 3 rings (SSSR count). The summed E-state index contributed by atoms with van der Waals surface area (Å²) in [5.74, 6) is -0.0708. The number of amides is 2. The Morgan fingerprint density at radius 1 is 1.29 bits per heavy atom. The van der Waals surface area contributed by atoms with Gasteiger partial charge in [-0.05, 0) is 29.8 Å². The smallest absolute Gasteiger partial charge is 0.256 e. The van der Waals surface area contributed by atoms with E-state index < -0.39 is 5.91 Å². The van der Waals surface area contributed by atoms with Crippen LogP contribution in [0, 0.1) is 0 Å². The molecule has 0 saturated heterocycles.